The zero-order chi connectivity index (χ0) is 21.4. The van der Waals surface area contributed by atoms with Crippen LogP contribution in [0.25, 0.3) is 11.1 Å². The van der Waals surface area contributed by atoms with Gasteiger partial charge in [0.15, 0.2) is 17.1 Å². The number of nitrogens with zero attached hydrogens (tertiary/aromatic N) is 3. The number of hydrogen-bond donors (Lipinski definition) is 1. The van der Waals surface area contributed by atoms with E-state index < -0.39 is 0 Å². The summed E-state index contributed by atoms with van der Waals surface area (Å²) in [7, 11) is 1.80. The molecule has 3 aromatic rings. The highest BCUT2D eigenvalue weighted by Crippen LogP contribution is 2.32. The number of amides is 2. The Morgan fingerprint density at radius 1 is 1.03 bits per heavy atom. The van der Waals surface area contributed by atoms with E-state index in [0.29, 0.717) is 24.4 Å². The Labute approximate surface area is 179 Å². The summed E-state index contributed by atoms with van der Waals surface area (Å²) in [6.07, 6.45) is 1.59. The van der Waals surface area contributed by atoms with E-state index in [2.05, 4.69) is 10.2 Å². The number of furan rings is 1. The van der Waals surface area contributed by atoms with Crippen molar-refractivity contribution in [3.05, 3.63) is 47.9 Å². The van der Waals surface area contributed by atoms with Crippen molar-refractivity contribution in [3.8, 4) is 11.5 Å². The first-order chi connectivity index (χ1) is 15.1. The number of hydrogen-bond acceptors (Lipinski definition) is 6. The minimum atomic E-state index is -0.288. The van der Waals surface area contributed by atoms with Crippen molar-refractivity contribution in [2.24, 2.45) is 7.05 Å². The molecule has 0 unspecified atom stereocenters. The molecule has 1 fully saturated rings. The Morgan fingerprint density at radius 3 is 2.65 bits per heavy atom. The van der Waals surface area contributed by atoms with Crippen molar-refractivity contribution in [2.75, 3.05) is 39.5 Å². The molecule has 162 valence electrons. The number of aryl methyl sites for hydroxylation is 1. The van der Waals surface area contributed by atoms with Gasteiger partial charge in [-0.1, -0.05) is 6.07 Å². The van der Waals surface area contributed by atoms with Crippen LogP contribution in [0.1, 0.15) is 16.1 Å². The maximum atomic E-state index is 12.6. The van der Waals surface area contributed by atoms with Crippen molar-refractivity contribution in [1.29, 1.82) is 0 Å². The van der Waals surface area contributed by atoms with Gasteiger partial charge in [-0.15, -0.1) is 0 Å². The van der Waals surface area contributed by atoms with E-state index >= 15 is 0 Å². The maximum absolute atomic E-state index is 12.6. The van der Waals surface area contributed by atoms with Gasteiger partial charge in [-0.25, -0.2) is 0 Å². The highest BCUT2D eigenvalue weighted by atomic mass is 16.7. The van der Waals surface area contributed by atoms with Gasteiger partial charge < -0.3 is 28.7 Å². The molecule has 1 aromatic carbocycles. The summed E-state index contributed by atoms with van der Waals surface area (Å²) in [5, 5.41) is 2.73. The van der Waals surface area contributed by atoms with Gasteiger partial charge in [0.1, 0.15) is 5.69 Å². The van der Waals surface area contributed by atoms with Crippen molar-refractivity contribution >= 4 is 22.9 Å². The van der Waals surface area contributed by atoms with Gasteiger partial charge in [-0.2, -0.15) is 0 Å². The van der Waals surface area contributed by atoms with Crippen LogP contribution in [0.15, 0.2) is 41.0 Å². The molecular formula is C22H24N4O5. The third-order valence-corrected chi connectivity index (χ3v) is 5.86. The van der Waals surface area contributed by atoms with Gasteiger partial charge >= 0.3 is 0 Å². The molecule has 1 N–H and O–H groups in total. The Morgan fingerprint density at radius 2 is 1.84 bits per heavy atom. The molecule has 0 bridgehead atoms. The molecular weight excluding hydrogens is 400 g/mol. The van der Waals surface area contributed by atoms with Crippen LogP contribution in [0.2, 0.25) is 0 Å². The van der Waals surface area contributed by atoms with Gasteiger partial charge in [0.2, 0.25) is 12.7 Å². The van der Waals surface area contributed by atoms with Crippen LogP contribution in [-0.2, 0) is 18.4 Å². The van der Waals surface area contributed by atoms with Crippen LogP contribution >= 0.6 is 0 Å². The number of carbonyl (C=O) groups is 2. The summed E-state index contributed by atoms with van der Waals surface area (Å²) >= 11 is 0. The Kier molecular flexibility index (Phi) is 5.03. The summed E-state index contributed by atoms with van der Waals surface area (Å²) in [5.74, 6) is 1.20. The summed E-state index contributed by atoms with van der Waals surface area (Å²) < 4.78 is 17.9. The molecule has 0 saturated carbocycles. The third-order valence-electron chi connectivity index (χ3n) is 5.86. The Bertz CT molecular complexity index is 1130. The molecule has 0 radical (unpaired) electrons. The summed E-state index contributed by atoms with van der Waals surface area (Å²) in [6, 6.07) is 9.48. The molecule has 9 heteroatoms. The second-order valence-corrected chi connectivity index (χ2v) is 7.79. The number of carbonyl (C=O) groups excluding carboxylic acids is 2. The minimum absolute atomic E-state index is 0.0203. The van der Waals surface area contributed by atoms with E-state index in [0.717, 1.165) is 42.2 Å². The molecule has 31 heavy (non-hydrogen) atoms. The van der Waals surface area contributed by atoms with Gasteiger partial charge in [-0.3, -0.25) is 14.5 Å². The van der Waals surface area contributed by atoms with E-state index in [4.69, 9.17) is 13.9 Å². The van der Waals surface area contributed by atoms with Crippen LogP contribution in [0.4, 0.5) is 0 Å². The fraction of sp³-hybridized carbons (Fsp3) is 0.364. The van der Waals surface area contributed by atoms with Crippen molar-refractivity contribution in [2.45, 2.75) is 6.54 Å². The average Bonchev–Trinajstić information content (AvgIpc) is 3.50. The fourth-order valence-electron chi connectivity index (χ4n) is 4.08. The lowest BCUT2D eigenvalue weighted by Gasteiger charge is -2.34. The molecule has 9 nitrogen and oxygen atoms in total. The number of ether oxygens (including phenoxy) is 2. The Balaban J connectivity index is 1.10. The lowest BCUT2D eigenvalue weighted by Crippen LogP contribution is -2.50. The number of benzene rings is 1. The molecule has 4 heterocycles. The number of fused-ring (bicyclic) bond motifs is 2. The predicted molar refractivity (Wildman–Crippen MR) is 112 cm³/mol. The smallest absolute Gasteiger partial charge is 0.268 e. The number of nitrogens with one attached hydrogen (secondary N) is 1. The Hall–Kier alpha value is -3.46. The van der Waals surface area contributed by atoms with E-state index in [1.807, 2.05) is 18.2 Å². The van der Waals surface area contributed by atoms with Crippen molar-refractivity contribution in [1.82, 2.24) is 19.7 Å². The topological polar surface area (TPSA) is 89.2 Å². The highest BCUT2D eigenvalue weighted by molar-refractivity contribution is 5.99. The quantitative estimate of drug-likeness (QED) is 0.669. The molecule has 0 aliphatic carbocycles. The number of piperazine rings is 1. The minimum Gasteiger partial charge on any atom is -0.463 e. The van der Waals surface area contributed by atoms with Crippen LogP contribution in [0, 0.1) is 0 Å². The molecule has 2 aliphatic heterocycles. The predicted octanol–water partition coefficient (Wildman–Crippen LogP) is 1.57. The van der Waals surface area contributed by atoms with E-state index in [1.165, 1.54) is 0 Å². The molecule has 2 aromatic heterocycles. The van der Waals surface area contributed by atoms with Crippen LogP contribution in [0.3, 0.4) is 0 Å². The van der Waals surface area contributed by atoms with E-state index in [-0.39, 0.29) is 25.2 Å². The van der Waals surface area contributed by atoms with Crippen molar-refractivity contribution in [3.63, 3.8) is 0 Å². The van der Waals surface area contributed by atoms with Crippen LogP contribution < -0.4 is 14.8 Å². The standard InChI is InChI=1S/C22H24N4O5/c1-24-16-4-9-29-19(16)11-17(24)22(28)23-12-21(27)26-7-5-25(6-8-26)13-15-2-3-18-20(10-15)31-14-30-18/h2-4,9-11H,5-8,12-14H2,1H3,(H,23,28). The molecule has 2 amide bonds. The second-order valence-electron chi connectivity index (χ2n) is 7.79. The van der Waals surface area contributed by atoms with Gasteiger partial charge in [-0.05, 0) is 17.7 Å². The molecule has 2 aliphatic rings. The van der Waals surface area contributed by atoms with Gasteiger partial charge in [0.25, 0.3) is 5.91 Å². The SMILES string of the molecule is Cn1c(C(=O)NCC(=O)N2CCN(Cc3ccc4c(c3)OCO4)CC2)cc2occc21. The van der Waals surface area contributed by atoms with Gasteiger partial charge in [0, 0.05) is 51.9 Å². The first-order valence-corrected chi connectivity index (χ1v) is 10.3. The lowest BCUT2D eigenvalue weighted by atomic mass is 10.1. The zero-order valence-corrected chi connectivity index (χ0v) is 17.3. The summed E-state index contributed by atoms with van der Waals surface area (Å²) in [4.78, 5) is 29.2. The third kappa shape index (κ3) is 3.84. The highest BCUT2D eigenvalue weighted by Gasteiger charge is 2.23. The summed E-state index contributed by atoms with van der Waals surface area (Å²) in [6.45, 7) is 3.88. The second kappa shape index (κ2) is 7.99. The molecule has 0 spiro atoms. The normalized spacial score (nSPS) is 16.1. The first kappa shape index (κ1) is 19.5. The van der Waals surface area contributed by atoms with E-state index in [1.54, 1.807) is 34.9 Å². The first-order valence-electron chi connectivity index (χ1n) is 10.3. The number of rotatable bonds is 5. The number of aromatic nitrogens is 1. The van der Waals surface area contributed by atoms with Crippen LogP contribution in [0.5, 0.6) is 11.5 Å². The lowest BCUT2D eigenvalue weighted by molar-refractivity contribution is -0.131. The molecule has 0 atom stereocenters. The average molecular weight is 424 g/mol. The largest absolute Gasteiger partial charge is 0.463 e. The fourth-order valence-corrected chi connectivity index (χ4v) is 4.08. The summed E-state index contributed by atoms with van der Waals surface area (Å²) in [5.41, 5.74) is 3.12. The molecule has 5 rings (SSSR count). The monoisotopic (exact) mass is 424 g/mol. The van der Waals surface area contributed by atoms with Gasteiger partial charge in [0.05, 0.1) is 18.3 Å². The maximum Gasteiger partial charge on any atom is 0.268 e. The van der Waals surface area contributed by atoms with E-state index in [9.17, 15) is 9.59 Å². The van der Waals surface area contributed by atoms with Crippen molar-refractivity contribution < 1.29 is 23.5 Å². The van der Waals surface area contributed by atoms with Crippen LogP contribution in [-0.4, -0.2) is 65.7 Å². The zero-order valence-electron chi connectivity index (χ0n) is 17.3. The molecule has 1 saturated heterocycles.